The first-order valence-electron chi connectivity index (χ1n) is 10.2. The summed E-state index contributed by atoms with van der Waals surface area (Å²) < 4.78 is 5.53. The summed E-state index contributed by atoms with van der Waals surface area (Å²) >= 11 is 8.68. The lowest BCUT2D eigenvalue weighted by Crippen LogP contribution is -2.13. The van der Waals surface area contributed by atoms with Crippen LogP contribution in [-0.4, -0.2) is 23.9 Å². The average molecular weight is 523 g/mol. The maximum Gasteiger partial charge on any atom is 0.341 e. The van der Waals surface area contributed by atoms with Gasteiger partial charge in [0.25, 0.3) is 11.6 Å². The van der Waals surface area contributed by atoms with Crippen LogP contribution in [0.1, 0.15) is 20.0 Å². The van der Waals surface area contributed by atoms with Crippen molar-refractivity contribution in [2.24, 2.45) is 0 Å². The predicted octanol–water partition coefficient (Wildman–Crippen LogP) is 7.38. The molecule has 0 saturated carbocycles. The molecular weight excluding hydrogens is 508 g/mol. The molecule has 5 aromatic rings. The number of methoxy groups -OCH3 is 1. The maximum atomic E-state index is 13.1. The van der Waals surface area contributed by atoms with E-state index in [9.17, 15) is 19.7 Å². The second-order valence-electron chi connectivity index (χ2n) is 7.54. The lowest BCUT2D eigenvalue weighted by Gasteiger charge is -2.08. The van der Waals surface area contributed by atoms with Gasteiger partial charge in [-0.15, -0.1) is 22.7 Å². The monoisotopic (exact) mass is 522 g/mol. The Hall–Kier alpha value is -3.79. The Morgan fingerprint density at radius 1 is 1.06 bits per heavy atom. The van der Waals surface area contributed by atoms with Crippen LogP contribution in [0.3, 0.4) is 0 Å². The van der Waals surface area contributed by atoms with E-state index in [1.165, 1.54) is 36.6 Å². The Labute approximate surface area is 211 Å². The highest BCUT2D eigenvalue weighted by Gasteiger charge is 2.25. The molecule has 0 atom stereocenters. The second kappa shape index (κ2) is 9.10. The van der Waals surface area contributed by atoms with Crippen molar-refractivity contribution in [1.29, 1.82) is 0 Å². The molecular formula is C25H15ClN2O5S2. The summed E-state index contributed by atoms with van der Waals surface area (Å²) in [4.78, 5) is 36.6. The maximum absolute atomic E-state index is 13.1. The molecule has 0 aliphatic heterocycles. The number of nitro groups is 1. The number of nitrogens with one attached hydrogen (secondary N) is 1. The van der Waals surface area contributed by atoms with Crippen LogP contribution in [0, 0.1) is 10.1 Å². The molecule has 3 aromatic carbocycles. The first kappa shape index (κ1) is 23.0. The quantitative estimate of drug-likeness (QED) is 0.147. The van der Waals surface area contributed by atoms with Crippen LogP contribution in [0.5, 0.6) is 0 Å². The van der Waals surface area contributed by atoms with Crippen molar-refractivity contribution in [3.05, 3.63) is 91.6 Å². The van der Waals surface area contributed by atoms with Gasteiger partial charge in [-0.05, 0) is 28.5 Å². The van der Waals surface area contributed by atoms with Crippen LogP contribution in [0.15, 0.2) is 66.0 Å². The van der Waals surface area contributed by atoms with Crippen LogP contribution in [-0.2, 0) is 4.74 Å². The lowest BCUT2D eigenvalue weighted by atomic mass is 10.00. The Morgan fingerprint density at radius 3 is 2.57 bits per heavy atom. The van der Waals surface area contributed by atoms with E-state index in [0.717, 1.165) is 27.7 Å². The molecule has 0 aliphatic rings. The zero-order valence-electron chi connectivity index (χ0n) is 18.0. The summed E-state index contributed by atoms with van der Waals surface area (Å²) in [7, 11) is 1.28. The number of carbonyl (C=O) groups is 2. The van der Waals surface area contributed by atoms with Gasteiger partial charge in [-0.2, -0.15) is 0 Å². The summed E-state index contributed by atoms with van der Waals surface area (Å²) in [5.74, 6) is -1.10. The Kier molecular flexibility index (Phi) is 5.98. The molecule has 0 spiro atoms. The van der Waals surface area contributed by atoms with Crippen molar-refractivity contribution in [3.8, 4) is 11.1 Å². The highest BCUT2D eigenvalue weighted by Crippen LogP contribution is 2.40. The molecule has 0 unspecified atom stereocenters. The average Bonchev–Trinajstić information content (AvgIpc) is 3.43. The van der Waals surface area contributed by atoms with Crippen LogP contribution in [0.25, 0.3) is 32.0 Å². The summed E-state index contributed by atoms with van der Waals surface area (Å²) in [5, 5.41) is 18.8. The molecule has 7 nitrogen and oxygen atoms in total. The molecule has 2 aromatic heterocycles. The zero-order valence-corrected chi connectivity index (χ0v) is 20.4. The van der Waals surface area contributed by atoms with Gasteiger partial charge >= 0.3 is 5.97 Å². The van der Waals surface area contributed by atoms with E-state index < -0.39 is 16.8 Å². The molecule has 35 heavy (non-hydrogen) atoms. The van der Waals surface area contributed by atoms with E-state index in [4.69, 9.17) is 16.3 Å². The molecule has 2 heterocycles. The lowest BCUT2D eigenvalue weighted by molar-refractivity contribution is -0.384. The molecule has 0 saturated heterocycles. The number of amides is 1. The predicted molar refractivity (Wildman–Crippen MR) is 140 cm³/mol. The van der Waals surface area contributed by atoms with Gasteiger partial charge in [-0.25, -0.2) is 4.79 Å². The fourth-order valence-electron chi connectivity index (χ4n) is 3.80. The van der Waals surface area contributed by atoms with Crippen LogP contribution < -0.4 is 5.32 Å². The third-order valence-corrected chi connectivity index (χ3v) is 8.05. The van der Waals surface area contributed by atoms with Gasteiger partial charge in [0.15, 0.2) is 0 Å². The van der Waals surface area contributed by atoms with Gasteiger partial charge in [0.05, 0.1) is 17.1 Å². The first-order valence-corrected chi connectivity index (χ1v) is 12.3. The van der Waals surface area contributed by atoms with Gasteiger partial charge in [-0.1, -0.05) is 48.0 Å². The minimum atomic E-state index is -0.581. The summed E-state index contributed by atoms with van der Waals surface area (Å²) in [6.07, 6.45) is 0. The van der Waals surface area contributed by atoms with Crippen molar-refractivity contribution in [2.45, 2.75) is 0 Å². The van der Waals surface area contributed by atoms with Gasteiger partial charge in [-0.3, -0.25) is 14.9 Å². The molecule has 0 radical (unpaired) electrons. The normalized spacial score (nSPS) is 11.0. The molecule has 0 bridgehead atoms. The van der Waals surface area contributed by atoms with Crippen molar-refractivity contribution >= 4 is 77.7 Å². The largest absolute Gasteiger partial charge is 0.465 e. The summed E-state index contributed by atoms with van der Waals surface area (Å²) in [6.45, 7) is 0. The van der Waals surface area contributed by atoms with E-state index in [1.54, 1.807) is 5.38 Å². The Morgan fingerprint density at radius 2 is 1.83 bits per heavy atom. The molecule has 5 rings (SSSR count). The molecule has 10 heteroatoms. The molecule has 0 aliphatic carbocycles. The highest BCUT2D eigenvalue weighted by atomic mass is 35.5. The van der Waals surface area contributed by atoms with E-state index in [1.807, 2.05) is 42.5 Å². The van der Waals surface area contributed by atoms with E-state index >= 15 is 0 Å². The fraction of sp³-hybridized carbons (Fsp3) is 0.0400. The molecule has 174 valence electrons. The Balaban J connectivity index is 1.53. The van der Waals surface area contributed by atoms with Crippen molar-refractivity contribution in [3.63, 3.8) is 0 Å². The first-order chi connectivity index (χ1) is 16.9. The number of halogens is 1. The summed E-state index contributed by atoms with van der Waals surface area (Å²) in [6, 6.07) is 18.0. The molecule has 1 amide bonds. The number of fused-ring (bicyclic) bond motifs is 2. The topological polar surface area (TPSA) is 98.5 Å². The number of rotatable bonds is 5. The number of benzene rings is 3. The number of non-ortho nitro benzene ring substituents is 1. The highest BCUT2D eigenvalue weighted by molar-refractivity contribution is 7.22. The van der Waals surface area contributed by atoms with Gasteiger partial charge < -0.3 is 10.1 Å². The standard InChI is InChI=1S/C25H15ClN2O5S2/c1-33-25(30)20-18(15-7-6-13-4-2-3-5-14(13)10-15)12-34-24(20)27-23(29)22-21(26)17-9-8-16(28(31)32)11-19(17)35-22/h2-12H,1H3,(H,27,29). The number of thiophene rings is 2. The number of carbonyl (C=O) groups excluding carboxylic acids is 2. The van der Waals surface area contributed by atoms with Gasteiger partial charge in [0.2, 0.25) is 0 Å². The third kappa shape index (κ3) is 4.14. The number of hydrogen-bond acceptors (Lipinski definition) is 7. The van der Waals surface area contributed by atoms with E-state index in [2.05, 4.69) is 5.32 Å². The van der Waals surface area contributed by atoms with Crippen LogP contribution in [0.4, 0.5) is 10.7 Å². The van der Waals surface area contributed by atoms with Crippen molar-refractivity contribution in [1.82, 2.24) is 0 Å². The number of nitro benzene ring substituents is 1. The zero-order chi connectivity index (χ0) is 24.7. The number of hydrogen-bond donors (Lipinski definition) is 1. The number of ether oxygens (including phenoxy) is 1. The minimum absolute atomic E-state index is 0.0892. The van der Waals surface area contributed by atoms with E-state index in [0.29, 0.717) is 20.7 Å². The smallest absolute Gasteiger partial charge is 0.341 e. The minimum Gasteiger partial charge on any atom is -0.465 e. The number of esters is 1. The second-order valence-corrected chi connectivity index (χ2v) is 9.85. The van der Waals surface area contributed by atoms with E-state index in [-0.39, 0.29) is 21.2 Å². The summed E-state index contributed by atoms with van der Waals surface area (Å²) in [5.41, 5.74) is 1.61. The van der Waals surface area contributed by atoms with Gasteiger partial charge in [0, 0.05) is 33.2 Å². The number of nitrogens with zero attached hydrogens (tertiary/aromatic N) is 1. The SMILES string of the molecule is COC(=O)c1c(-c2ccc3ccccc3c2)csc1NC(=O)c1sc2cc([N+](=O)[O-])ccc2c1Cl. The van der Waals surface area contributed by atoms with Crippen molar-refractivity contribution in [2.75, 3.05) is 12.4 Å². The van der Waals surface area contributed by atoms with Crippen molar-refractivity contribution < 1.29 is 19.2 Å². The molecule has 0 fully saturated rings. The fourth-order valence-corrected chi connectivity index (χ4v) is 6.19. The van der Waals surface area contributed by atoms with Crippen LogP contribution >= 0.6 is 34.3 Å². The number of anilines is 1. The molecule has 1 N–H and O–H groups in total. The van der Waals surface area contributed by atoms with Gasteiger partial charge in [0.1, 0.15) is 15.4 Å². The third-order valence-electron chi connectivity index (χ3n) is 5.50. The van der Waals surface area contributed by atoms with Crippen LogP contribution in [0.2, 0.25) is 5.02 Å². The Bertz CT molecular complexity index is 1660.